The number of amides is 2. The highest BCUT2D eigenvalue weighted by Gasteiger charge is 2.12. The third-order valence-electron chi connectivity index (χ3n) is 2.75. The summed E-state index contributed by atoms with van der Waals surface area (Å²) < 4.78 is 12.8. The van der Waals surface area contributed by atoms with E-state index >= 15 is 0 Å². The van der Waals surface area contributed by atoms with Gasteiger partial charge in [0, 0.05) is 12.6 Å². The Hall–Kier alpha value is -2.98. The average Bonchev–Trinajstić information content (AvgIpc) is 2.93. The van der Waals surface area contributed by atoms with Crippen molar-refractivity contribution in [3.05, 3.63) is 52.0 Å². The predicted octanol–water partition coefficient (Wildman–Crippen LogP) is 3.39. The van der Waals surface area contributed by atoms with E-state index in [4.69, 9.17) is 5.26 Å². The fourth-order valence-corrected chi connectivity index (χ4v) is 2.52. The normalized spacial score (nSPS) is 10.7. The smallest absolute Gasteiger partial charge is 0.266 e. The van der Waals surface area contributed by atoms with Gasteiger partial charge in [0.05, 0.1) is 10.6 Å². The summed E-state index contributed by atoms with van der Waals surface area (Å²) in [5, 5.41) is 16.0. The second-order valence-electron chi connectivity index (χ2n) is 4.51. The van der Waals surface area contributed by atoms with Gasteiger partial charge in [-0.05, 0) is 41.8 Å². The fourth-order valence-electron chi connectivity index (χ4n) is 1.74. The summed E-state index contributed by atoms with van der Waals surface area (Å²) in [5.74, 6) is -1.27. The summed E-state index contributed by atoms with van der Waals surface area (Å²) >= 11 is 1.29. The van der Waals surface area contributed by atoms with Crippen LogP contribution in [0, 0.1) is 17.1 Å². The molecule has 0 unspecified atom stereocenters. The first-order chi connectivity index (χ1) is 11.0. The Kier molecular flexibility index (Phi) is 5.23. The first kappa shape index (κ1) is 16.4. The molecule has 2 amide bonds. The van der Waals surface area contributed by atoms with Gasteiger partial charge in [-0.25, -0.2) is 4.39 Å². The number of rotatable bonds is 4. The van der Waals surface area contributed by atoms with Crippen molar-refractivity contribution in [2.75, 3.05) is 10.6 Å². The number of nitrogens with one attached hydrogen (secondary N) is 2. The van der Waals surface area contributed by atoms with Crippen molar-refractivity contribution in [1.82, 2.24) is 0 Å². The molecule has 5 nitrogen and oxygen atoms in total. The van der Waals surface area contributed by atoms with Gasteiger partial charge in [-0.3, -0.25) is 9.59 Å². The third kappa shape index (κ3) is 4.49. The molecular weight excluding hydrogens is 317 g/mol. The highest BCUT2D eigenvalue weighted by molar-refractivity contribution is 7.11. The topological polar surface area (TPSA) is 82.0 Å². The largest absolute Gasteiger partial charge is 0.325 e. The SMILES string of the molecule is CC(=O)Nc1ccsc1C=C(C#N)C(=O)Nc1ccc(F)cc1. The van der Waals surface area contributed by atoms with E-state index < -0.39 is 11.7 Å². The van der Waals surface area contributed by atoms with Crippen molar-refractivity contribution in [2.45, 2.75) is 6.92 Å². The zero-order chi connectivity index (χ0) is 16.8. The van der Waals surface area contributed by atoms with Gasteiger partial charge in [-0.15, -0.1) is 11.3 Å². The van der Waals surface area contributed by atoms with Crippen LogP contribution in [0.5, 0.6) is 0 Å². The van der Waals surface area contributed by atoms with Gasteiger partial charge in [0.15, 0.2) is 0 Å². The number of nitriles is 1. The summed E-state index contributed by atoms with van der Waals surface area (Å²) in [6, 6.07) is 8.72. The maximum absolute atomic E-state index is 12.8. The first-order valence-electron chi connectivity index (χ1n) is 6.53. The molecule has 0 aliphatic carbocycles. The van der Waals surface area contributed by atoms with Crippen LogP contribution in [-0.2, 0) is 9.59 Å². The third-order valence-corrected chi connectivity index (χ3v) is 3.61. The fraction of sp³-hybridized carbons (Fsp3) is 0.0625. The second-order valence-corrected chi connectivity index (χ2v) is 5.46. The summed E-state index contributed by atoms with van der Waals surface area (Å²) in [6.07, 6.45) is 1.40. The van der Waals surface area contributed by atoms with Crippen LogP contribution in [0.4, 0.5) is 15.8 Å². The highest BCUT2D eigenvalue weighted by atomic mass is 32.1. The minimum absolute atomic E-state index is 0.122. The molecule has 2 aromatic rings. The van der Waals surface area contributed by atoms with Gasteiger partial charge in [-0.1, -0.05) is 0 Å². The Morgan fingerprint density at radius 2 is 1.91 bits per heavy atom. The number of carbonyl (C=O) groups excluding carboxylic acids is 2. The second kappa shape index (κ2) is 7.33. The Morgan fingerprint density at radius 3 is 2.52 bits per heavy atom. The molecule has 0 aliphatic rings. The predicted molar refractivity (Wildman–Crippen MR) is 87.2 cm³/mol. The Labute approximate surface area is 136 Å². The number of thiophene rings is 1. The van der Waals surface area contributed by atoms with Crippen LogP contribution < -0.4 is 10.6 Å². The van der Waals surface area contributed by atoms with Crippen molar-refractivity contribution in [3.8, 4) is 6.07 Å². The minimum atomic E-state index is -0.610. The Balaban J connectivity index is 2.20. The molecular formula is C16H12FN3O2S. The van der Waals surface area contributed by atoms with Gasteiger partial charge >= 0.3 is 0 Å². The summed E-state index contributed by atoms with van der Waals surface area (Å²) in [4.78, 5) is 23.8. The van der Waals surface area contributed by atoms with E-state index in [-0.39, 0.29) is 11.5 Å². The van der Waals surface area contributed by atoms with Crippen molar-refractivity contribution in [1.29, 1.82) is 5.26 Å². The van der Waals surface area contributed by atoms with Crippen LogP contribution in [0.2, 0.25) is 0 Å². The Morgan fingerprint density at radius 1 is 1.22 bits per heavy atom. The molecule has 2 rings (SSSR count). The van der Waals surface area contributed by atoms with E-state index in [9.17, 15) is 14.0 Å². The van der Waals surface area contributed by atoms with E-state index in [1.54, 1.807) is 11.4 Å². The van der Waals surface area contributed by atoms with Crippen LogP contribution in [-0.4, -0.2) is 11.8 Å². The molecule has 0 bridgehead atoms. The molecule has 0 atom stereocenters. The highest BCUT2D eigenvalue weighted by Crippen LogP contribution is 2.25. The van der Waals surface area contributed by atoms with Gasteiger partial charge in [0.1, 0.15) is 17.5 Å². The number of nitrogens with zero attached hydrogens (tertiary/aromatic N) is 1. The van der Waals surface area contributed by atoms with Crippen LogP contribution in [0.15, 0.2) is 41.3 Å². The summed E-state index contributed by atoms with van der Waals surface area (Å²) in [6.45, 7) is 1.37. The van der Waals surface area contributed by atoms with Crippen LogP contribution in [0.1, 0.15) is 11.8 Å². The van der Waals surface area contributed by atoms with Crippen molar-refractivity contribution in [3.63, 3.8) is 0 Å². The lowest BCUT2D eigenvalue weighted by Crippen LogP contribution is -2.13. The molecule has 7 heteroatoms. The van der Waals surface area contributed by atoms with Gasteiger partial charge in [0.2, 0.25) is 5.91 Å². The lowest BCUT2D eigenvalue weighted by molar-refractivity contribution is -0.114. The molecule has 0 aliphatic heterocycles. The monoisotopic (exact) mass is 329 g/mol. The number of anilines is 2. The van der Waals surface area contributed by atoms with E-state index in [0.29, 0.717) is 16.3 Å². The van der Waals surface area contributed by atoms with Crippen molar-refractivity contribution in [2.24, 2.45) is 0 Å². The Bertz CT molecular complexity index is 803. The van der Waals surface area contributed by atoms with Crippen molar-refractivity contribution < 1.29 is 14.0 Å². The van der Waals surface area contributed by atoms with Gasteiger partial charge in [-0.2, -0.15) is 5.26 Å². The van der Waals surface area contributed by atoms with E-state index in [2.05, 4.69) is 10.6 Å². The number of hydrogen-bond donors (Lipinski definition) is 2. The molecule has 2 N–H and O–H groups in total. The molecule has 1 aromatic heterocycles. The number of carbonyl (C=O) groups is 2. The van der Waals surface area contributed by atoms with Crippen molar-refractivity contribution >= 4 is 40.6 Å². The lowest BCUT2D eigenvalue weighted by Gasteiger charge is -2.04. The van der Waals surface area contributed by atoms with Crippen LogP contribution >= 0.6 is 11.3 Å². The standard InChI is InChI=1S/C16H12FN3O2S/c1-10(21)19-14-6-7-23-15(14)8-11(9-18)16(22)20-13-4-2-12(17)3-5-13/h2-8H,1H3,(H,19,21)(H,20,22). The van der Waals surface area contributed by atoms with Gasteiger partial charge in [0.25, 0.3) is 5.91 Å². The molecule has 0 saturated carbocycles. The molecule has 1 heterocycles. The minimum Gasteiger partial charge on any atom is -0.325 e. The summed E-state index contributed by atoms with van der Waals surface area (Å²) in [7, 11) is 0. The quantitative estimate of drug-likeness (QED) is 0.666. The maximum Gasteiger partial charge on any atom is 0.266 e. The van der Waals surface area contributed by atoms with E-state index in [0.717, 1.165) is 0 Å². The van der Waals surface area contributed by atoms with Crippen LogP contribution in [0.25, 0.3) is 6.08 Å². The zero-order valence-corrected chi connectivity index (χ0v) is 12.9. The molecule has 0 radical (unpaired) electrons. The molecule has 0 saturated heterocycles. The zero-order valence-electron chi connectivity index (χ0n) is 12.1. The number of halogens is 1. The number of benzene rings is 1. The van der Waals surface area contributed by atoms with E-state index in [1.165, 1.54) is 48.6 Å². The molecule has 116 valence electrons. The molecule has 1 aromatic carbocycles. The molecule has 23 heavy (non-hydrogen) atoms. The first-order valence-corrected chi connectivity index (χ1v) is 7.41. The maximum atomic E-state index is 12.8. The van der Waals surface area contributed by atoms with Crippen LogP contribution in [0.3, 0.4) is 0 Å². The van der Waals surface area contributed by atoms with E-state index in [1.807, 2.05) is 6.07 Å². The lowest BCUT2D eigenvalue weighted by atomic mass is 10.2. The molecule has 0 spiro atoms. The average molecular weight is 329 g/mol. The number of hydrogen-bond acceptors (Lipinski definition) is 4. The van der Waals surface area contributed by atoms with Gasteiger partial charge < -0.3 is 10.6 Å². The molecule has 0 fully saturated rings. The summed E-state index contributed by atoms with van der Waals surface area (Å²) in [5.41, 5.74) is 0.791.